The third-order valence-electron chi connectivity index (χ3n) is 3.78. The van der Waals surface area contributed by atoms with E-state index in [1.54, 1.807) is 12.1 Å². The van der Waals surface area contributed by atoms with Crippen LogP contribution >= 0.6 is 0 Å². The van der Waals surface area contributed by atoms with Gasteiger partial charge < -0.3 is 20.5 Å². The number of rotatable bonds is 9. The Morgan fingerprint density at radius 1 is 1.12 bits per heavy atom. The Bertz CT molecular complexity index is 654. The van der Waals surface area contributed by atoms with Gasteiger partial charge in [0.15, 0.2) is 0 Å². The van der Waals surface area contributed by atoms with Crippen LogP contribution in [0.2, 0.25) is 0 Å². The molecule has 1 atom stereocenters. The zero-order valence-corrected chi connectivity index (χ0v) is 14.8. The molecule has 0 aliphatic carbocycles. The number of hydrogen-bond acceptors (Lipinski definition) is 4. The molecule has 0 bridgehead atoms. The fourth-order valence-corrected chi connectivity index (χ4v) is 2.27. The molecule has 3 N–H and O–H groups in total. The van der Waals surface area contributed by atoms with Crippen LogP contribution < -0.4 is 10.6 Å². The fourth-order valence-electron chi connectivity index (χ4n) is 2.27. The van der Waals surface area contributed by atoms with Crippen LogP contribution in [0.15, 0.2) is 48.5 Å². The van der Waals surface area contributed by atoms with Crippen LogP contribution in [0.25, 0.3) is 0 Å². The predicted octanol–water partition coefficient (Wildman–Crippen LogP) is 2.73. The van der Waals surface area contributed by atoms with Crippen molar-refractivity contribution in [3.05, 3.63) is 65.2 Å². The van der Waals surface area contributed by atoms with Gasteiger partial charge in [0, 0.05) is 30.9 Å². The number of carbonyl (C=O) groups is 1. The molecule has 5 heteroatoms. The molecule has 0 radical (unpaired) electrons. The molecule has 0 aliphatic rings. The quantitative estimate of drug-likeness (QED) is 0.655. The smallest absolute Gasteiger partial charge is 0.251 e. The van der Waals surface area contributed by atoms with E-state index < -0.39 is 6.10 Å². The lowest BCUT2D eigenvalue weighted by atomic mass is 10.1. The summed E-state index contributed by atoms with van der Waals surface area (Å²) in [5.41, 5.74) is 3.96. The number of carbonyl (C=O) groups excluding carboxylic acids is 1. The maximum Gasteiger partial charge on any atom is 0.251 e. The van der Waals surface area contributed by atoms with Crippen LogP contribution in [0.1, 0.15) is 28.4 Å². The molecule has 0 saturated heterocycles. The second-order valence-electron chi connectivity index (χ2n) is 5.94. The van der Waals surface area contributed by atoms with Gasteiger partial charge in [0.25, 0.3) is 5.91 Å². The topological polar surface area (TPSA) is 70.6 Å². The average molecular weight is 342 g/mol. The maximum absolute atomic E-state index is 12.1. The third kappa shape index (κ3) is 6.57. The van der Waals surface area contributed by atoms with E-state index in [2.05, 4.69) is 29.7 Å². The summed E-state index contributed by atoms with van der Waals surface area (Å²) in [5, 5.41) is 15.7. The van der Waals surface area contributed by atoms with E-state index in [1.165, 1.54) is 5.56 Å². The van der Waals surface area contributed by atoms with Crippen LogP contribution in [0.5, 0.6) is 0 Å². The Balaban J connectivity index is 1.80. The zero-order chi connectivity index (χ0) is 18.1. The number of benzene rings is 2. The van der Waals surface area contributed by atoms with Crippen molar-refractivity contribution in [2.45, 2.75) is 26.5 Å². The molecule has 0 fully saturated rings. The largest absolute Gasteiger partial charge is 0.389 e. The molecule has 0 aliphatic heterocycles. The molecule has 0 heterocycles. The highest BCUT2D eigenvalue weighted by Gasteiger charge is 2.09. The van der Waals surface area contributed by atoms with Gasteiger partial charge in [-0.3, -0.25) is 4.79 Å². The van der Waals surface area contributed by atoms with E-state index in [9.17, 15) is 9.90 Å². The van der Waals surface area contributed by atoms with E-state index in [1.807, 2.05) is 31.2 Å². The molecule has 134 valence electrons. The summed E-state index contributed by atoms with van der Waals surface area (Å²) in [7, 11) is 0. The minimum Gasteiger partial charge on any atom is -0.389 e. The highest BCUT2D eigenvalue weighted by molar-refractivity contribution is 5.94. The summed E-state index contributed by atoms with van der Waals surface area (Å²) < 4.78 is 5.11. The number of amides is 1. The number of aryl methyl sites for hydroxylation is 1. The summed E-state index contributed by atoms with van der Waals surface area (Å²) in [6.45, 7) is 5.56. The normalized spacial score (nSPS) is 11.8. The molecule has 0 saturated carbocycles. The van der Waals surface area contributed by atoms with Gasteiger partial charge in [-0.15, -0.1) is 0 Å². The minimum atomic E-state index is -0.693. The van der Waals surface area contributed by atoms with Crippen LogP contribution in [-0.2, 0) is 11.3 Å². The van der Waals surface area contributed by atoms with Crippen molar-refractivity contribution in [3.8, 4) is 0 Å². The van der Waals surface area contributed by atoms with Crippen molar-refractivity contribution in [2.75, 3.05) is 25.1 Å². The van der Waals surface area contributed by atoms with Crippen LogP contribution in [0.3, 0.4) is 0 Å². The summed E-state index contributed by atoms with van der Waals surface area (Å²) >= 11 is 0. The van der Waals surface area contributed by atoms with Gasteiger partial charge in [-0.25, -0.2) is 0 Å². The Kier molecular flexibility index (Phi) is 7.44. The van der Waals surface area contributed by atoms with Gasteiger partial charge in [-0.2, -0.15) is 0 Å². The third-order valence-corrected chi connectivity index (χ3v) is 3.78. The monoisotopic (exact) mass is 342 g/mol. The molecular weight excluding hydrogens is 316 g/mol. The minimum absolute atomic E-state index is 0.176. The van der Waals surface area contributed by atoms with E-state index in [0.717, 1.165) is 11.3 Å². The van der Waals surface area contributed by atoms with Crippen molar-refractivity contribution < 1.29 is 14.6 Å². The first-order valence-corrected chi connectivity index (χ1v) is 8.52. The summed E-state index contributed by atoms with van der Waals surface area (Å²) in [5.74, 6) is -0.200. The van der Waals surface area contributed by atoms with Crippen molar-refractivity contribution in [2.24, 2.45) is 0 Å². The number of ether oxygens (including phenoxy) is 1. The molecule has 1 amide bonds. The standard InChI is InChI=1S/C20H26N2O3/c1-3-25-14-19(23)13-22-20(24)17-8-6-16(7-9-17)12-21-18-10-4-15(2)5-11-18/h4-11,19,21,23H,3,12-14H2,1-2H3,(H,22,24). The van der Waals surface area contributed by atoms with Crippen molar-refractivity contribution in [3.63, 3.8) is 0 Å². The van der Waals surface area contributed by atoms with Gasteiger partial charge in [0.05, 0.1) is 12.7 Å². The number of aliphatic hydroxyl groups is 1. The SMILES string of the molecule is CCOCC(O)CNC(=O)c1ccc(CNc2ccc(C)cc2)cc1. The number of anilines is 1. The molecule has 2 aromatic rings. The molecule has 0 aromatic heterocycles. The van der Waals surface area contributed by atoms with E-state index >= 15 is 0 Å². The number of hydrogen-bond donors (Lipinski definition) is 3. The van der Waals surface area contributed by atoms with Gasteiger partial charge in [0.2, 0.25) is 0 Å². The van der Waals surface area contributed by atoms with Crippen LogP contribution in [-0.4, -0.2) is 36.9 Å². The molecule has 2 aromatic carbocycles. The number of aliphatic hydroxyl groups excluding tert-OH is 1. The molecule has 0 spiro atoms. The number of nitrogens with one attached hydrogen (secondary N) is 2. The lowest BCUT2D eigenvalue weighted by Gasteiger charge is -2.12. The summed E-state index contributed by atoms with van der Waals surface area (Å²) in [6.07, 6.45) is -0.693. The Labute approximate surface area is 149 Å². The molecule has 1 unspecified atom stereocenters. The van der Waals surface area contributed by atoms with E-state index in [4.69, 9.17) is 4.74 Å². The van der Waals surface area contributed by atoms with Crippen molar-refractivity contribution in [1.29, 1.82) is 0 Å². The second-order valence-corrected chi connectivity index (χ2v) is 5.94. The van der Waals surface area contributed by atoms with Gasteiger partial charge in [0.1, 0.15) is 0 Å². The van der Waals surface area contributed by atoms with Crippen LogP contribution in [0.4, 0.5) is 5.69 Å². The maximum atomic E-state index is 12.1. The first-order valence-electron chi connectivity index (χ1n) is 8.52. The van der Waals surface area contributed by atoms with E-state index in [0.29, 0.717) is 18.7 Å². The van der Waals surface area contributed by atoms with Gasteiger partial charge >= 0.3 is 0 Å². The summed E-state index contributed by atoms with van der Waals surface area (Å²) in [6, 6.07) is 15.6. The predicted molar refractivity (Wildman–Crippen MR) is 99.8 cm³/mol. The molecule has 2 rings (SSSR count). The Morgan fingerprint density at radius 2 is 1.80 bits per heavy atom. The fraction of sp³-hybridized carbons (Fsp3) is 0.350. The molecule has 25 heavy (non-hydrogen) atoms. The average Bonchev–Trinajstić information content (AvgIpc) is 2.64. The van der Waals surface area contributed by atoms with Crippen LogP contribution in [0, 0.1) is 6.92 Å². The highest BCUT2D eigenvalue weighted by Crippen LogP contribution is 2.11. The van der Waals surface area contributed by atoms with Crippen molar-refractivity contribution in [1.82, 2.24) is 5.32 Å². The Hall–Kier alpha value is -2.37. The second kappa shape index (κ2) is 9.81. The van der Waals surface area contributed by atoms with Gasteiger partial charge in [-0.05, 0) is 43.7 Å². The lowest BCUT2D eigenvalue weighted by molar-refractivity contribution is 0.0418. The molecule has 5 nitrogen and oxygen atoms in total. The zero-order valence-electron chi connectivity index (χ0n) is 14.8. The summed E-state index contributed by atoms with van der Waals surface area (Å²) in [4.78, 5) is 12.1. The van der Waals surface area contributed by atoms with E-state index in [-0.39, 0.29) is 19.1 Å². The van der Waals surface area contributed by atoms with Crippen molar-refractivity contribution >= 4 is 11.6 Å². The first-order chi connectivity index (χ1) is 12.1. The Morgan fingerprint density at radius 3 is 2.44 bits per heavy atom. The first kappa shape index (κ1) is 19.0. The molecular formula is C20H26N2O3. The van der Waals surface area contributed by atoms with Gasteiger partial charge in [-0.1, -0.05) is 29.8 Å². The highest BCUT2D eigenvalue weighted by atomic mass is 16.5. The lowest BCUT2D eigenvalue weighted by Crippen LogP contribution is -2.34.